The van der Waals surface area contributed by atoms with Crippen LogP contribution >= 0.6 is 0 Å². The Hall–Kier alpha value is -1.43. The molecule has 1 fully saturated rings. The van der Waals surface area contributed by atoms with Gasteiger partial charge in [0, 0.05) is 19.6 Å². The maximum Gasteiger partial charge on any atom is 0.220 e. The molecule has 1 aliphatic heterocycles. The van der Waals surface area contributed by atoms with E-state index in [9.17, 15) is 9.90 Å². The van der Waals surface area contributed by atoms with Gasteiger partial charge in [0.25, 0.3) is 0 Å². The van der Waals surface area contributed by atoms with Crippen LogP contribution in [0.4, 0.5) is 0 Å². The number of benzene rings is 1. The Morgan fingerprint density at radius 2 is 2.19 bits per heavy atom. The number of rotatable bonds is 7. The smallest absolute Gasteiger partial charge is 0.220 e. The lowest BCUT2D eigenvalue weighted by atomic mass is 10.0. The van der Waals surface area contributed by atoms with Gasteiger partial charge >= 0.3 is 0 Å². The molecule has 0 aliphatic carbocycles. The van der Waals surface area contributed by atoms with Gasteiger partial charge in [-0.2, -0.15) is 0 Å². The molecule has 0 unspecified atom stereocenters. The number of nitrogens with one attached hydrogen (secondary N) is 2. The summed E-state index contributed by atoms with van der Waals surface area (Å²) in [4.78, 5) is 11.8. The minimum atomic E-state index is -0.489. The summed E-state index contributed by atoms with van der Waals surface area (Å²) in [6, 6.07) is 9.86. The first-order valence-corrected chi connectivity index (χ1v) is 7.55. The number of amides is 1. The van der Waals surface area contributed by atoms with E-state index >= 15 is 0 Å². The van der Waals surface area contributed by atoms with Crippen LogP contribution in [-0.2, 0) is 16.1 Å². The number of carbonyl (C=O) groups excluding carboxylic acids is 1. The van der Waals surface area contributed by atoms with Crippen LogP contribution in [0.5, 0.6) is 0 Å². The van der Waals surface area contributed by atoms with Gasteiger partial charge in [0.15, 0.2) is 0 Å². The number of aliphatic hydroxyl groups is 1. The van der Waals surface area contributed by atoms with Crippen LogP contribution in [0.3, 0.4) is 0 Å². The summed E-state index contributed by atoms with van der Waals surface area (Å²) < 4.78 is 5.54. The van der Waals surface area contributed by atoms with Crippen LogP contribution in [0.25, 0.3) is 0 Å². The molecule has 3 N–H and O–H groups in total. The van der Waals surface area contributed by atoms with E-state index in [-0.39, 0.29) is 11.9 Å². The largest absolute Gasteiger partial charge is 0.390 e. The van der Waals surface area contributed by atoms with Crippen LogP contribution in [0, 0.1) is 0 Å². The van der Waals surface area contributed by atoms with Crippen molar-refractivity contribution in [2.75, 3.05) is 19.7 Å². The number of piperidine rings is 1. The molecule has 5 nitrogen and oxygen atoms in total. The number of hydrogen-bond acceptors (Lipinski definition) is 4. The average molecular weight is 292 g/mol. The highest BCUT2D eigenvalue weighted by molar-refractivity contribution is 5.76. The van der Waals surface area contributed by atoms with E-state index in [4.69, 9.17) is 4.74 Å². The third-order valence-corrected chi connectivity index (χ3v) is 3.60. The Bertz CT molecular complexity index is 425. The van der Waals surface area contributed by atoms with Crippen molar-refractivity contribution in [3.63, 3.8) is 0 Å². The number of β-amino-alcohol motifs (C(OH)–C–C–N with tert-alkyl or cyclic N) is 1. The van der Waals surface area contributed by atoms with E-state index in [0.717, 1.165) is 18.5 Å². The van der Waals surface area contributed by atoms with E-state index in [1.165, 1.54) is 0 Å². The molecule has 1 saturated heterocycles. The Labute approximate surface area is 125 Å². The second-order valence-electron chi connectivity index (χ2n) is 5.38. The van der Waals surface area contributed by atoms with E-state index in [1.807, 2.05) is 30.3 Å². The van der Waals surface area contributed by atoms with Gasteiger partial charge in [0.2, 0.25) is 5.91 Å². The lowest BCUT2D eigenvalue weighted by Gasteiger charge is -2.29. The monoisotopic (exact) mass is 292 g/mol. The molecule has 1 heterocycles. The predicted octanol–water partition coefficient (Wildman–Crippen LogP) is 0.822. The molecule has 1 aliphatic rings. The molecule has 1 amide bonds. The molecule has 0 aromatic heterocycles. The Balaban J connectivity index is 1.55. The third kappa shape index (κ3) is 5.83. The third-order valence-electron chi connectivity index (χ3n) is 3.60. The molecule has 2 atom stereocenters. The standard InChI is InChI=1S/C16H24N2O3/c19-15-11-17-9-8-14(15)18-16(20)7-4-10-21-12-13-5-2-1-3-6-13/h1-3,5-6,14-15,17,19H,4,7-12H2,(H,18,20)/t14-,15-/m1/s1. The van der Waals surface area contributed by atoms with E-state index in [2.05, 4.69) is 10.6 Å². The first kappa shape index (κ1) is 15.9. The van der Waals surface area contributed by atoms with Crippen LogP contribution in [0.1, 0.15) is 24.8 Å². The number of ether oxygens (including phenoxy) is 1. The minimum absolute atomic E-state index is 0.00994. The highest BCUT2D eigenvalue weighted by Gasteiger charge is 2.23. The van der Waals surface area contributed by atoms with Crippen molar-refractivity contribution >= 4 is 5.91 Å². The molecule has 1 aromatic carbocycles. The number of carbonyl (C=O) groups is 1. The van der Waals surface area contributed by atoms with E-state index < -0.39 is 6.10 Å². The van der Waals surface area contributed by atoms with Crippen LogP contribution in [0.2, 0.25) is 0 Å². The quantitative estimate of drug-likeness (QED) is 0.651. The summed E-state index contributed by atoms with van der Waals surface area (Å²) in [5.74, 6) is -0.00994. The van der Waals surface area contributed by atoms with E-state index in [0.29, 0.717) is 32.6 Å². The van der Waals surface area contributed by atoms with Crippen molar-refractivity contribution in [1.82, 2.24) is 10.6 Å². The first-order chi connectivity index (χ1) is 10.3. The summed E-state index contributed by atoms with van der Waals surface area (Å²) in [5, 5.41) is 15.7. The van der Waals surface area contributed by atoms with Crippen molar-refractivity contribution in [1.29, 1.82) is 0 Å². The summed E-state index contributed by atoms with van der Waals surface area (Å²) >= 11 is 0. The Morgan fingerprint density at radius 3 is 2.95 bits per heavy atom. The van der Waals surface area contributed by atoms with Gasteiger partial charge in [-0.1, -0.05) is 30.3 Å². The zero-order valence-electron chi connectivity index (χ0n) is 12.3. The normalized spacial score (nSPS) is 22.0. The lowest BCUT2D eigenvalue weighted by molar-refractivity contribution is -0.123. The highest BCUT2D eigenvalue weighted by atomic mass is 16.5. The van der Waals surface area contributed by atoms with Gasteiger partial charge in [-0.25, -0.2) is 0 Å². The van der Waals surface area contributed by atoms with Crippen LogP contribution in [0.15, 0.2) is 30.3 Å². The second-order valence-corrected chi connectivity index (χ2v) is 5.38. The molecule has 0 spiro atoms. The number of aliphatic hydroxyl groups excluding tert-OH is 1. The number of hydrogen-bond donors (Lipinski definition) is 3. The molecular formula is C16H24N2O3. The molecule has 0 radical (unpaired) electrons. The molecule has 5 heteroatoms. The van der Waals surface area contributed by atoms with Gasteiger partial charge in [0.1, 0.15) is 0 Å². The topological polar surface area (TPSA) is 70.6 Å². The summed E-state index contributed by atoms with van der Waals surface area (Å²) in [6.07, 6.45) is 1.42. The molecule has 21 heavy (non-hydrogen) atoms. The fraction of sp³-hybridized carbons (Fsp3) is 0.562. The summed E-state index contributed by atoms with van der Waals surface area (Å²) in [5.41, 5.74) is 1.14. The van der Waals surface area contributed by atoms with Crippen molar-refractivity contribution in [3.8, 4) is 0 Å². The second kappa shape index (κ2) is 8.77. The minimum Gasteiger partial charge on any atom is -0.390 e. The SMILES string of the molecule is O=C(CCCOCc1ccccc1)N[C@@H]1CCNC[C@H]1O. The Morgan fingerprint density at radius 1 is 1.38 bits per heavy atom. The Kier molecular flexibility index (Phi) is 6.66. The van der Waals surface area contributed by atoms with Gasteiger partial charge < -0.3 is 20.5 Å². The van der Waals surface area contributed by atoms with Crippen molar-refractivity contribution in [2.24, 2.45) is 0 Å². The summed E-state index contributed by atoms with van der Waals surface area (Å²) in [7, 11) is 0. The van der Waals surface area contributed by atoms with Crippen molar-refractivity contribution in [2.45, 2.75) is 38.0 Å². The average Bonchev–Trinajstić information content (AvgIpc) is 2.50. The molecule has 1 aromatic rings. The molecule has 116 valence electrons. The highest BCUT2D eigenvalue weighted by Crippen LogP contribution is 2.05. The maximum absolute atomic E-state index is 11.8. The van der Waals surface area contributed by atoms with Gasteiger partial charge in [-0.3, -0.25) is 4.79 Å². The van der Waals surface area contributed by atoms with Crippen molar-refractivity contribution < 1.29 is 14.6 Å². The fourth-order valence-electron chi connectivity index (χ4n) is 2.39. The molecular weight excluding hydrogens is 268 g/mol. The van der Waals surface area contributed by atoms with Crippen LogP contribution < -0.4 is 10.6 Å². The zero-order chi connectivity index (χ0) is 14.9. The molecule has 0 saturated carbocycles. The molecule has 0 bridgehead atoms. The van der Waals surface area contributed by atoms with Gasteiger partial charge in [0.05, 0.1) is 18.8 Å². The predicted molar refractivity (Wildman–Crippen MR) is 80.8 cm³/mol. The van der Waals surface area contributed by atoms with Gasteiger partial charge in [-0.05, 0) is 24.9 Å². The van der Waals surface area contributed by atoms with Crippen LogP contribution in [-0.4, -0.2) is 42.9 Å². The van der Waals surface area contributed by atoms with E-state index in [1.54, 1.807) is 0 Å². The van der Waals surface area contributed by atoms with Gasteiger partial charge in [-0.15, -0.1) is 0 Å². The summed E-state index contributed by atoms with van der Waals surface area (Å²) in [6.45, 7) is 2.53. The zero-order valence-corrected chi connectivity index (χ0v) is 12.3. The fourth-order valence-corrected chi connectivity index (χ4v) is 2.39. The van der Waals surface area contributed by atoms with Crippen molar-refractivity contribution in [3.05, 3.63) is 35.9 Å². The first-order valence-electron chi connectivity index (χ1n) is 7.55. The maximum atomic E-state index is 11.8. The lowest BCUT2D eigenvalue weighted by Crippen LogP contribution is -2.52. The molecule has 2 rings (SSSR count).